The maximum atomic E-state index is 12.3. The molecule has 0 saturated carbocycles. The number of rotatable bonds is 3. The molecular formula is C18H11BrN2O4. The Morgan fingerprint density at radius 3 is 2.36 bits per heavy atom. The Labute approximate surface area is 150 Å². The third kappa shape index (κ3) is 2.66. The average molecular weight is 399 g/mol. The van der Waals surface area contributed by atoms with Gasteiger partial charge in [0.05, 0.1) is 22.0 Å². The number of aromatic nitrogens is 1. The van der Waals surface area contributed by atoms with E-state index in [0.29, 0.717) is 22.0 Å². The van der Waals surface area contributed by atoms with E-state index in [4.69, 9.17) is 4.42 Å². The standard InChI is InChI=1S/C18H11BrN2O4/c19-10-5-6-14-13(9-10)18(24)25-15(20-14)7-8-21-16(22)11-3-1-2-4-12(11)17(21)23/h1-6,9H,7-8H2. The van der Waals surface area contributed by atoms with E-state index in [1.54, 1.807) is 42.5 Å². The molecule has 25 heavy (non-hydrogen) atoms. The van der Waals surface area contributed by atoms with Crippen molar-refractivity contribution in [3.63, 3.8) is 0 Å². The second kappa shape index (κ2) is 5.93. The number of hydrogen-bond acceptors (Lipinski definition) is 5. The van der Waals surface area contributed by atoms with Gasteiger partial charge in [0.2, 0.25) is 5.89 Å². The molecule has 1 aliphatic heterocycles. The van der Waals surface area contributed by atoms with Gasteiger partial charge in [-0.15, -0.1) is 0 Å². The number of nitrogens with zero attached hydrogens (tertiary/aromatic N) is 2. The van der Waals surface area contributed by atoms with Crippen LogP contribution in [0.1, 0.15) is 26.6 Å². The minimum atomic E-state index is -0.497. The second-order valence-corrected chi connectivity index (χ2v) is 6.53. The molecule has 1 aromatic heterocycles. The summed E-state index contributed by atoms with van der Waals surface area (Å²) in [7, 11) is 0. The Morgan fingerprint density at radius 1 is 1.00 bits per heavy atom. The van der Waals surface area contributed by atoms with Crippen molar-refractivity contribution in [2.75, 3.05) is 6.54 Å². The number of hydrogen-bond donors (Lipinski definition) is 0. The summed E-state index contributed by atoms with van der Waals surface area (Å²) in [4.78, 5) is 42.2. The highest BCUT2D eigenvalue weighted by Gasteiger charge is 2.34. The lowest BCUT2D eigenvalue weighted by molar-refractivity contribution is 0.0653. The van der Waals surface area contributed by atoms with Gasteiger partial charge in [0, 0.05) is 17.4 Å². The van der Waals surface area contributed by atoms with Gasteiger partial charge in [-0.2, -0.15) is 0 Å². The summed E-state index contributed by atoms with van der Waals surface area (Å²) in [5.41, 5.74) is 0.802. The van der Waals surface area contributed by atoms with Crippen LogP contribution in [0.5, 0.6) is 0 Å². The van der Waals surface area contributed by atoms with E-state index in [1.807, 2.05) is 0 Å². The molecule has 0 bridgehead atoms. The van der Waals surface area contributed by atoms with Crippen LogP contribution in [0, 0.1) is 0 Å². The van der Waals surface area contributed by atoms with Gasteiger partial charge in [-0.1, -0.05) is 28.1 Å². The molecular weight excluding hydrogens is 388 g/mol. The Bertz CT molecular complexity index is 1050. The summed E-state index contributed by atoms with van der Waals surface area (Å²) in [5, 5.41) is 0.374. The fourth-order valence-corrected chi connectivity index (χ4v) is 3.21. The van der Waals surface area contributed by atoms with Crippen LogP contribution in [0.4, 0.5) is 0 Å². The maximum absolute atomic E-state index is 12.3. The van der Waals surface area contributed by atoms with E-state index in [0.717, 1.165) is 9.37 Å². The van der Waals surface area contributed by atoms with Gasteiger partial charge in [-0.25, -0.2) is 9.78 Å². The molecule has 7 heteroatoms. The molecule has 6 nitrogen and oxygen atoms in total. The molecule has 4 rings (SSSR count). The predicted molar refractivity (Wildman–Crippen MR) is 93.5 cm³/mol. The highest BCUT2D eigenvalue weighted by Crippen LogP contribution is 2.22. The third-order valence-corrected chi connectivity index (χ3v) is 4.55. The van der Waals surface area contributed by atoms with E-state index in [1.165, 1.54) is 0 Å². The van der Waals surface area contributed by atoms with Crippen molar-refractivity contribution in [1.29, 1.82) is 0 Å². The molecule has 0 unspecified atom stereocenters. The van der Waals surface area contributed by atoms with Gasteiger partial charge < -0.3 is 4.42 Å². The van der Waals surface area contributed by atoms with Gasteiger partial charge >= 0.3 is 5.63 Å². The third-order valence-electron chi connectivity index (χ3n) is 4.06. The molecule has 124 valence electrons. The number of amides is 2. The average Bonchev–Trinajstić information content (AvgIpc) is 2.85. The van der Waals surface area contributed by atoms with Crippen molar-refractivity contribution in [3.05, 3.63) is 74.4 Å². The lowest BCUT2D eigenvalue weighted by Gasteiger charge is -2.12. The lowest BCUT2D eigenvalue weighted by Crippen LogP contribution is -2.32. The molecule has 0 radical (unpaired) electrons. The molecule has 2 aromatic carbocycles. The molecule has 2 amide bonds. The number of carbonyl (C=O) groups is 2. The highest BCUT2D eigenvalue weighted by molar-refractivity contribution is 9.10. The smallest absolute Gasteiger partial charge is 0.346 e. The van der Waals surface area contributed by atoms with Crippen LogP contribution in [0.15, 0.2) is 56.1 Å². The maximum Gasteiger partial charge on any atom is 0.346 e. The number of benzene rings is 2. The van der Waals surface area contributed by atoms with Crippen molar-refractivity contribution in [2.45, 2.75) is 6.42 Å². The van der Waals surface area contributed by atoms with Crippen molar-refractivity contribution < 1.29 is 14.0 Å². The zero-order valence-corrected chi connectivity index (χ0v) is 14.4. The molecule has 0 saturated heterocycles. The lowest BCUT2D eigenvalue weighted by atomic mass is 10.1. The topological polar surface area (TPSA) is 80.5 Å². The van der Waals surface area contributed by atoms with Crippen LogP contribution in [0.3, 0.4) is 0 Å². The number of imide groups is 1. The van der Waals surface area contributed by atoms with Crippen LogP contribution in [-0.2, 0) is 6.42 Å². The Hall–Kier alpha value is -2.80. The molecule has 0 N–H and O–H groups in total. The normalized spacial score (nSPS) is 13.6. The number of carbonyl (C=O) groups excluding carboxylic acids is 2. The molecule has 1 aliphatic rings. The number of fused-ring (bicyclic) bond motifs is 2. The largest absolute Gasteiger partial charge is 0.408 e. The minimum absolute atomic E-state index is 0.102. The van der Waals surface area contributed by atoms with E-state index in [9.17, 15) is 14.4 Å². The Balaban J connectivity index is 1.59. The van der Waals surface area contributed by atoms with Gasteiger partial charge in [-0.3, -0.25) is 14.5 Å². The summed E-state index contributed by atoms with van der Waals surface area (Å²) in [6.45, 7) is 0.102. The summed E-state index contributed by atoms with van der Waals surface area (Å²) in [6.07, 6.45) is 0.173. The monoisotopic (exact) mass is 398 g/mol. The molecule has 2 heterocycles. The molecule has 3 aromatic rings. The first kappa shape index (κ1) is 15.7. The second-order valence-electron chi connectivity index (χ2n) is 5.61. The first-order chi connectivity index (χ1) is 12.0. The van der Waals surface area contributed by atoms with Crippen LogP contribution >= 0.6 is 15.9 Å². The van der Waals surface area contributed by atoms with Crippen molar-refractivity contribution in [3.8, 4) is 0 Å². The fraction of sp³-hybridized carbons (Fsp3) is 0.111. The Morgan fingerprint density at radius 2 is 1.68 bits per heavy atom. The predicted octanol–water partition coefficient (Wildman–Crippen LogP) is 2.79. The van der Waals surface area contributed by atoms with Gasteiger partial charge in [-0.05, 0) is 30.3 Å². The molecule has 0 atom stereocenters. The summed E-state index contributed by atoms with van der Waals surface area (Å²) in [6, 6.07) is 11.8. The number of halogens is 1. The summed E-state index contributed by atoms with van der Waals surface area (Å²) >= 11 is 3.30. The van der Waals surface area contributed by atoms with Crippen molar-refractivity contribution in [1.82, 2.24) is 9.88 Å². The van der Waals surface area contributed by atoms with Crippen molar-refractivity contribution >= 4 is 38.6 Å². The van der Waals surface area contributed by atoms with Crippen molar-refractivity contribution in [2.24, 2.45) is 0 Å². The first-order valence-electron chi connectivity index (χ1n) is 7.59. The van der Waals surface area contributed by atoms with Crippen LogP contribution in [0.25, 0.3) is 10.9 Å². The van der Waals surface area contributed by atoms with E-state index in [-0.39, 0.29) is 30.7 Å². The SMILES string of the molecule is O=C1c2ccccc2C(=O)N1CCc1nc2ccc(Br)cc2c(=O)o1. The fourth-order valence-electron chi connectivity index (χ4n) is 2.85. The van der Waals surface area contributed by atoms with Crippen LogP contribution in [-0.4, -0.2) is 28.2 Å². The van der Waals surface area contributed by atoms with E-state index >= 15 is 0 Å². The summed E-state index contributed by atoms with van der Waals surface area (Å²) < 4.78 is 5.97. The zero-order valence-electron chi connectivity index (χ0n) is 12.9. The zero-order chi connectivity index (χ0) is 17.6. The quantitative estimate of drug-likeness (QED) is 0.633. The van der Waals surface area contributed by atoms with Gasteiger partial charge in [0.1, 0.15) is 0 Å². The van der Waals surface area contributed by atoms with Gasteiger partial charge in [0.25, 0.3) is 11.8 Å². The van der Waals surface area contributed by atoms with E-state index in [2.05, 4.69) is 20.9 Å². The highest BCUT2D eigenvalue weighted by atomic mass is 79.9. The molecule has 0 aliphatic carbocycles. The minimum Gasteiger partial charge on any atom is -0.408 e. The van der Waals surface area contributed by atoms with E-state index < -0.39 is 5.63 Å². The Kier molecular flexibility index (Phi) is 3.73. The summed E-state index contributed by atoms with van der Waals surface area (Å²) in [5.74, 6) is -0.489. The van der Waals surface area contributed by atoms with Gasteiger partial charge in [0.15, 0.2) is 0 Å². The van der Waals surface area contributed by atoms with Crippen LogP contribution < -0.4 is 5.63 Å². The van der Waals surface area contributed by atoms with Crippen LogP contribution in [0.2, 0.25) is 0 Å². The molecule has 0 fully saturated rings. The molecule has 0 spiro atoms. The first-order valence-corrected chi connectivity index (χ1v) is 8.38.